The maximum Gasteiger partial charge on any atom is 0.275 e. The van der Waals surface area contributed by atoms with E-state index in [0.29, 0.717) is 36.7 Å². The van der Waals surface area contributed by atoms with E-state index >= 15 is 0 Å². The zero-order valence-electron chi connectivity index (χ0n) is 19.9. The third-order valence-corrected chi connectivity index (χ3v) is 7.06. The van der Waals surface area contributed by atoms with Gasteiger partial charge >= 0.3 is 0 Å². The summed E-state index contributed by atoms with van der Waals surface area (Å²) in [6, 6.07) is 5.44. The molecule has 2 N–H and O–H groups in total. The van der Waals surface area contributed by atoms with Crippen LogP contribution in [0.15, 0.2) is 23.6 Å². The number of halogens is 1. The lowest BCUT2D eigenvalue weighted by Gasteiger charge is -2.26. The van der Waals surface area contributed by atoms with Crippen LogP contribution in [0.4, 0.5) is 15.2 Å². The molecule has 1 atom stereocenters. The van der Waals surface area contributed by atoms with Crippen molar-refractivity contribution in [3.05, 3.63) is 40.4 Å². The average Bonchev–Trinajstić information content (AvgIpc) is 3.55. The first-order valence-corrected chi connectivity index (χ1v) is 12.8. The van der Waals surface area contributed by atoms with Gasteiger partial charge in [-0.05, 0) is 30.5 Å². The van der Waals surface area contributed by atoms with Crippen LogP contribution in [0.3, 0.4) is 0 Å². The van der Waals surface area contributed by atoms with Gasteiger partial charge in [0.05, 0.1) is 37.2 Å². The summed E-state index contributed by atoms with van der Waals surface area (Å²) in [5, 5.41) is 8.08. The molecule has 3 heterocycles. The topological polar surface area (TPSA) is 96.0 Å². The lowest BCUT2D eigenvalue weighted by atomic mass is 10.1. The van der Waals surface area contributed by atoms with Crippen molar-refractivity contribution in [3.63, 3.8) is 0 Å². The van der Waals surface area contributed by atoms with Crippen LogP contribution in [0.1, 0.15) is 39.3 Å². The van der Waals surface area contributed by atoms with Crippen LogP contribution in [0.2, 0.25) is 0 Å². The third kappa shape index (κ3) is 6.75. The molecule has 2 fully saturated rings. The van der Waals surface area contributed by atoms with E-state index < -0.39 is 6.67 Å². The Bertz CT molecular complexity index is 1010. The quantitative estimate of drug-likeness (QED) is 0.479. The van der Waals surface area contributed by atoms with Gasteiger partial charge < -0.3 is 25.0 Å². The van der Waals surface area contributed by atoms with E-state index in [2.05, 4.69) is 25.4 Å². The molecule has 2 aromatic rings. The molecule has 2 amide bonds. The number of hydrogen-bond donors (Lipinski definition) is 2. The Labute approximate surface area is 208 Å². The molecule has 0 aliphatic carbocycles. The van der Waals surface area contributed by atoms with Gasteiger partial charge in [0.2, 0.25) is 0 Å². The van der Waals surface area contributed by atoms with Crippen molar-refractivity contribution in [2.45, 2.75) is 25.5 Å². The average molecular weight is 506 g/mol. The van der Waals surface area contributed by atoms with Gasteiger partial charge in [0, 0.05) is 51.8 Å². The van der Waals surface area contributed by atoms with Crippen molar-refractivity contribution >= 4 is 34.0 Å². The van der Waals surface area contributed by atoms with Crippen molar-refractivity contribution in [3.8, 4) is 0 Å². The molecule has 0 radical (unpaired) electrons. The number of morpholine rings is 1. The molecule has 190 valence electrons. The Kier molecular flexibility index (Phi) is 9.02. The zero-order valence-corrected chi connectivity index (χ0v) is 20.7. The second-order valence-corrected chi connectivity index (χ2v) is 9.47. The molecule has 0 spiro atoms. The molecule has 9 nitrogen and oxygen atoms in total. The monoisotopic (exact) mass is 505 g/mol. The van der Waals surface area contributed by atoms with Crippen LogP contribution in [0.25, 0.3) is 0 Å². The SMILES string of the molecule is CO[C@H]1CCN(c2nc(C(=O)Nc3ccc(CN4CCOCC4)cc3C(=O)NCCCF)cs2)C1. The predicted molar refractivity (Wildman–Crippen MR) is 133 cm³/mol. The number of ether oxygens (including phenoxy) is 2. The number of alkyl halides is 1. The number of anilines is 2. The van der Waals surface area contributed by atoms with E-state index in [1.807, 2.05) is 6.07 Å². The van der Waals surface area contributed by atoms with Gasteiger partial charge in [-0.2, -0.15) is 0 Å². The Hall–Kier alpha value is -2.60. The molecule has 0 saturated carbocycles. The summed E-state index contributed by atoms with van der Waals surface area (Å²) in [5.41, 5.74) is 2.00. The summed E-state index contributed by atoms with van der Waals surface area (Å²) in [4.78, 5) is 34.7. The molecule has 1 aromatic carbocycles. The minimum absolute atomic E-state index is 0.172. The first-order chi connectivity index (χ1) is 17.1. The lowest BCUT2D eigenvalue weighted by Crippen LogP contribution is -2.35. The van der Waals surface area contributed by atoms with Crippen molar-refractivity contribution < 1.29 is 23.5 Å². The number of carbonyl (C=O) groups excluding carboxylic acids is 2. The number of hydrogen-bond acceptors (Lipinski definition) is 8. The fraction of sp³-hybridized carbons (Fsp3) is 0.542. The number of amides is 2. The van der Waals surface area contributed by atoms with Gasteiger partial charge in [-0.25, -0.2) is 4.98 Å². The van der Waals surface area contributed by atoms with E-state index in [1.54, 1.807) is 24.6 Å². The highest BCUT2D eigenvalue weighted by molar-refractivity contribution is 7.14. The van der Waals surface area contributed by atoms with E-state index in [9.17, 15) is 14.0 Å². The number of aromatic nitrogens is 1. The van der Waals surface area contributed by atoms with Gasteiger partial charge in [0.1, 0.15) is 5.69 Å². The van der Waals surface area contributed by atoms with E-state index in [4.69, 9.17) is 9.47 Å². The van der Waals surface area contributed by atoms with E-state index in [-0.39, 0.29) is 30.9 Å². The van der Waals surface area contributed by atoms with Crippen molar-refractivity contribution in [2.24, 2.45) is 0 Å². The second-order valence-electron chi connectivity index (χ2n) is 8.63. The zero-order chi connectivity index (χ0) is 24.6. The third-order valence-electron chi connectivity index (χ3n) is 6.16. The molecule has 2 saturated heterocycles. The van der Waals surface area contributed by atoms with Crippen LogP contribution >= 0.6 is 11.3 Å². The molecule has 4 rings (SSSR count). The normalized spacial score (nSPS) is 18.6. The van der Waals surface area contributed by atoms with Gasteiger partial charge in [-0.15, -0.1) is 11.3 Å². The Morgan fingerprint density at radius 1 is 1.26 bits per heavy atom. The van der Waals surface area contributed by atoms with Crippen LogP contribution in [-0.2, 0) is 16.0 Å². The largest absolute Gasteiger partial charge is 0.380 e. The summed E-state index contributed by atoms with van der Waals surface area (Å²) in [5.74, 6) is -0.729. The van der Waals surface area contributed by atoms with Crippen LogP contribution in [-0.4, -0.2) is 87.5 Å². The molecule has 0 unspecified atom stereocenters. The molecule has 11 heteroatoms. The highest BCUT2D eigenvalue weighted by Crippen LogP contribution is 2.26. The van der Waals surface area contributed by atoms with Crippen molar-refractivity contribution in [1.29, 1.82) is 0 Å². The maximum absolute atomic E-state index is 13.0. The van der Waals surface area contributed by atoms with Gasteiger partial charge in [0.15, 0.2) is 5.13 Å². The minimum Gasteiger partial charge on any atom is -0.380 e. The van der Waals surface area contributed by atoms with Gasteiger partial charge in [-0.3, -0.25) is 18.9 Å². The summed E-state index contributed by atoms with van der Waals surface area (Å²) in [6.45, 7) is 5.00. The van der Waals surface area contributed by atoms with Gasteiger partial charge in [-0.1, -0.05) is 6.07 Å². The van der Waals surface area contributed by atoms with Crippen LogP contribution < -0.4 is 15.5 Å². The minimum atomic E-state index is -0.505. The molecule has 0 bridgehead atoms. The number of methoxy groups -OCH3 is 1. The standard InChI is InChI=1S/C24H32FN5O4S/c1-33-18-5-8-30(15-18)24-28-21(16-35-24)23(32)27-20-4-3-17(14-29-9-11-34-12-10-29)13-19(20)22(31)26-7-2-6-25/h3-4,13,16,18H,2,5-12,14-15H2,1H3,(H,26,31)(H,27,32)/t18-/m0/s1. The first kappa shape index (κ1) is 25.5. The maximum atomic E-state index is 13.0. The molecule has 1 aromatic heterocycles. The molecular weight excluding hydrogens is 473 g/mol. The molecule has 2 aliphatic heterocycles. The number of nitrogens with one attached hydrogen (secondary N) is 2. The van der Waals surface area contributed by atoms with E-state index in [0.717, 1.165) is 43.3 Å². The first-order valence-electron chi connectivity index (χ1n) is 11.9. The van der Waals surface area contributed by atoms with Gasteiger partial charge in [0.25, 0.3) is 11.8 Å². The second kappa shape index (κ2) is 12.4. The number of thiazole rings is 1. The van der Waals surface area contributed by atoms with E-state index in [1.165, 1.54) is 11.3 Å². The van der Waals surface area contributed by atoms with Crippen molar-refractivity contribution in [2.75, 3.05) is 69.9 Å². The fourth-order valence-electron chi connectivity index (χ4n) is 4.16. The summed E-state index contributed by atoms with van der Waals surface area (Å²) >= 11 is 1.41. The molecule has 35 heavy (non-hydrogen) atoms. The smallest absolute Gasteiger partial charge is 0.275 e. The highest BCUT2D eigenvalue weighted by Gasteiger charge is 2.25. The number of carbonyl (C=O) groups is 2. The molecule has 2 aliphatic rings. The van der Waals surface area contributed by atoms with Crippen molar-refractivity contribution in [1.82, 2.24) is 15.2 Å². The Morgan fingerprint density at radius 2 is 2.09 bits per heavy atom. The number of rotatable bonds is 10. The summed E-state index contributed by atoms with van der Waals surface area (Å²) in [7, 11) is 1.70. The van der Waals surface area contributed by atoms with Crippen LogP contribution in [0, 0.1) is 0 Å². The number of benzene rings is 1. The number of nitrogens with zero attached hydrogens (tertiary/aromatic N) is 3. The highest BCUT2D eigenvalue weighted by atomic mass is 32.1. The summed E-state index contributed by atoms with van der Waals surface area (Å²) < 4.78 is 23.3. The lowest BCUT2D eigenvalue weighted by molar-refractivity contribution is 0.0342. The predicted octanol–water partition coefficient (Wildman–Crippen LogP) is 2.54. The molecular formula is C24H32FN5O4S. The van der Waals surface area contributed by atoms with Crippen LogP contribution in [0.5, 0.6) is 0 Å². The fourth-order valence-corrected chi connectivity index (χ4v) is 5.01. The Balaban J connectivity index is 1.48. The summed E-state index contributed by atoms with van der Waals surface area (Å²) in [6.07, 6.45) is 1.34. The Morgan fingerprint density at radius 3 is 2.83 bits per heavy atom.